The molecule has 1 atom stereocenters. The molecule has 2 aromatic rings. The first-order valence-electron chi connectivity index (χ1n) is 6.24. The second-order valence-corrected chi connectivity index (χ2v) is 6.17. The van der Waals surface area contributed by atoms with E-state index in [2.05, 4.69) is 9.71 Å². The monoisotopic (exact) mass is 305 g/mol. The molecule has 1 heterocycles. The van der Waals surface area contributed by atoms with E-state index < -0.39 is 22.0 Å². The zero-order chi connectivity index (χ0) is 15.3. The highest BCUT2D eigenvalue weighted by atomic mass is 32.2. The number of primary amides is 1. The van der Waals surface area contributed by atoms with E-state index in [0.717, 1.165) is 5.56 Å². The summed E-state index contributed by atoms with van der Waals surface area (Å²) in [5.41, 5.74) is 6.10. The van der Waals surface area contributed by atoms with Crippen molar-refractivity contribution in [1.29, 1.82) is 0 Å². The lowest BCUT2D eigenvalue weighted by Gasteiger charge is -2.15. The van der Waals surface area contributed by atoms with Crippen LogP contribution in [-0.2, 0) is 21.2 Å². The van der Waals surface area contributed by atoms with E-state index in [-0.39, 0.29) is 11.3 Å². The Morgan fingerprint density at radius 1 is 1.19 bits per heavy atom. The number of carbonyl (C=O) groups excluding carboxylic acids is 1. The molecular formula is C14H15N3O3S. The van der Waals surface area contributed by atoms with Gasteiger partial charge in [-0.3, -0.25) is 9.78 Å². The van der Waals surface area contributed by atoms with Crippen LogP contribution in [0.2, 0.25) is 0 Å². The molecule has 1 aromatic carbocycles. The van der Waals surface area contributed by atoms with Gasteiger partial charge >= 0.3 is 0 Å². The van der Waals surface area contributed by atoms with Crippen molar-refractivity contribution in [2.75, 3.05) is 0 Å². The van der Waals surface area contributed by atoms with E-state index >= 15 is 0 Å². The summed E-state index contributed by atoms with van der Waals surface area (Å²) in [4.78, 5) is 15.2. The summed E-state index contributed by atoms with van der Waals surface area (Å²) in [6.45, 7) is 0. The van der Waals surface area contributed by atoms with E-state index in [1.54, 1.807) is 12.1 Å². The Labute approximate surface area is 123 Å². The quantitative estimate of drug-likeness (QED) is 0.809. The Morgan fingerprint density at radius 2 is 1.90 bits per heavy atom. The highest BCUT2D eigenvalue weighted by Crippen LogP contribution is 2.09. The van der Waals surface area contributed by atoms with Crippen LogP contribution in [0.4, 0.5) is 0 Å². The zero-order valence-electron chi connectivity index (χ0n) is 11.1. The van der Waals surface area contributed by atoms with Crippen molar-refractivity contribution >= 4 is 15.9 Å². The highest BCUT2D eigenvalue weighted by Gasteiger charge is 2.24. The zero-order valence-corrected chi connectivity index (χ0v) is 12.0. The highest BCUT2D eigenvalue weighted by molar-refractivity contribution is 7.89. The van der Waals surface area contributed by atoms with Crippen LogP contribution in [0.3, 0.4) is 0 Å². The summed E-state index contributed by atoms with van der Waals surface area (Å²) < 4.78 is 26.7. The molecule has 1 amide bonds. The molecule has 2 rings (SSSR count). The number of amides is 1. The largest absolute Gasteiger partial charge is 0.368 e. The molecule has 3 N–H and O–H groups in total. The smallest absolute Gasteiger partial charge is 0.242 e. The minimum absolute atomic E-state index is 0.00990. The molecule has 6 nitrogen and oxygen atoms in total. The maximum atomic E-state index is 12.2. The summed E-state index contributed by atoms with van der Waals surface area (Å²) in [5, 5.41) is 0. The number of benzene rings is 1. The number of nitrogens with one attached hydrogen (secondary N) is 1. The van der Waals surface area contributed by atoms with Crippen molar-refractivity contribution in [3.8, 4) is 0 Å². The lowest BCUT2D eigenvalue weighted by molar-refractivity contribution is -0.119. The number of nitrogens with two attached hydrogens (primary N) is 1. The fraction of sp³-hybridized carbons (Fsp3) is 0.143. The minimum atomic E-state index is -3.84. The number of nitrogens with zero attached hydrogens (tertiary/aromatic N) is 1. The van der Waals surface area contributed by atoms with Gasteiger partial charge in [0.25, 0.3) is 0 Å². The lowest BCUT2D eigenvalue weighted by Crippen LogP contribution is -2.45. The van der Waals surface area contributed by atoms with E-state index in [1.165, 1.54) is 24.5 Å². The van der Waals surface area contributed by atoms with Gasteiger partial charge in [-0.25, -0.2) is 8.42 Å². The van der Waals surface area contributed by atoms with Crippen molar-refractivity contribution in [1.82, 2.24) is 9.71 Å². The van der Waals surface area contributed by atoms with E-state index in [0.29, 0.717) is 0 Å². The molecule has 0 saturated carbocycles. The average molecular weight is 305 g/mol. The molecule has 1 aromatic heterocycles. The summed E-state index contributed by atoms with van der Waals surface area (Å²) >= 11 is 0. The van der Waals surface area contributed by atoms with Gasteiger partial charge < -0.3 is 5.73 Å². The molecule has 0 spiro atoms. The molecule has 110 valence electrons. The van der Waals surface area contributed by atoms with Gasteiger partial charge in [-0.05, 0) is 24.1 Å². The summed E-state index contributed by atoms with van der Waals surface area (Å²) in [5.74, 6) is -0.730. The number of sulfonamides is 1. The summed E-state index contributed by atoms with van der Waals surface area (Å²) in [6.07, 6.45) is 2.87. The molecule has 21 heavy (non-hydrogen) atoms. The topological polar surface area (TPSA) is 102 Å². The first kappa shape index (κ1) is 15.1. The Kier molecular flexibility index (Phi) is 4.66. The Morgan fingerprint density at radius 3 is 2.48 bits per heavy atom. The third kappa shape index (κ3) is 4.11. The van der Waals surface area contributed by atoms with Gasteiger partial charge in [0, 0.05) is 12.4 Å². The number of hydrogen-bond donors (Lipinski definition) is 2. The number of rotatable bonds is 6. The van der Waals surface area contributed by atoms with E-state index in [4.69, 9.17) is 5.73 Å². The second kappa shape index (κ2) is 6.47. The van der Waals surface area contributed by atoms with Gasteiger partial charge in [0.15, 0.2) is 0 Å². The maximum absolute atomic E-state index is 12.2. The molecule has 0 unspecified atom stereocenters. The van der Waals surface area contributed by atoms with Crippen molar-refractivity contribution < 1.29 is 13.2 Å². The van der Waals surface area contributed by atoms with Crippen LogP contribution in [0.1, 0.15) is 5.56 Å². The van der Waals surface area contributed by atoms with Gasteiger partial charge in [-0.2, -0.15) is 4.72 Å². The van der Waals surface area contributed by atoms with Crippen LogP contribution in [0.5, 0.6) is 0 Å². The maximum Gasteiger partial charge on any atom is 0.242 e. The van der Waals surface area contributed by atoms with Crippen LogP contribution in [0.25, 0.3) is 0 Å². The lowest BCUT2D eigenvalue weighted by atomic mass is 10.1. The predicted octanol–water partition coefficient (Wildman–Crippen LogP) is 0.456. The third-order valence-corrected chi connectivity index (χ3v) is 4.33. The number of carbonyl (C=O) groups is 1. The molecule has 0 aliphatic carbocycles. The molecule has 0 aliphatic rings. The molecule has 0 saturated heterocycles. The molecule has 0 aliphatic heterocycles. The molecule has 7 heteroatoms. The van der Waals surface area contributed by atoms with E-state index in [9.17, 15) is 13.2 Å². The number of aromatic nitrogens is 1. The molecule has 0 bridgehead atoms. The van der Waals surface area contributed by atoms with Crippen LogP contribution in [-0.4, -0.2) is 25.4 Å². The summed E-state index contributed by atoms with van der Waals surface area (Å²) in [7, 11) is -3.84. The van der Waals surface area contributed by atoms with Crippen molar-refractivity contribution in [2.24, 2.45) is 5.73 Å². The molecular weight excluding hydrogens is 290 g/mol. The SMILES string of the molecule is NC(=O)[C@@H](Cc1ccccc1)NS(=O)(=O)c1cccnc1. The van der Waals surface area contributed by atoms with Gasteiger partial charge in [-0.1, -0.05) is 30.3 Å². The van der Waals surface area contributed by atoms with Gasteiger partial charge in [-0.15, -0.1) is 0 Å². The minimum Gasteiger partial charge on any atom is -0.368 e. The Bertz CT molecular complexity index is 703. The fourth-order valence-corrected chi connectivity index (χ4v) is 2.98. The van der Waals surface area contributed by atoms with Crippen LogP contribution in [0, 0.1) is 0 Å². The first-order valence-corrected chi connectivity index (χ1v) is 7.73. The fourth-order valence-electron chi connectivity index (χ4n) is 1.81. The Hall–Kier alpha value is -2.25. The molecule has 0 radical (unpaired) electrons. The molecule has 0 fully saturated rings. The van der Waals surface area contributed by atoms with E-state index in [1.807, 2.05) is 18.2 Å². The van der Waals surface area contributed by atoms with Crippen molar-refractivity contribution in [2.45, 2.75) is 17.4 Å². The average Bonchev–Trinajstić information content (AvgIpc) is 2.48. The van der Waals surface area contributed by atoms with Crippen LogP contribution < -0.4 is 10.5 Å². The number of pyridine rings is 1. The number of hydrogen-bond acceptors (Lipinski definition) is 4. The predicted molar refractivity (Wildman–Crippen MR) is 77.7 cm³/mol. The third-order valence-electron chi connectivity index (χ3n) is 2.87. The van der Waals surface area contributed by atoms with Gasteiger partial charge in [0.05, 0.1) is 0 Å². The standard InChI is InChI=1S/C14H15N3O3S/c15-14(18)13(9-11-5-2-1-3-6-11)17-21(19,20)12-7-4-8-16-10-12/h1-8,10,13,17H,9H2,(H2,15,18)/t13-/m1/s1. The van der Waals surface area contributed by atoms with Crippen molar-refractivity contribution in [3.05, 3.63) is 60.4 Å². The van der Waals surface area contributed by atoms with Gasteiger partial charge in [0.1, 0.15) is 10.9 Å². The van der Waals surface area contributed by atoms with Crippen LogP contribution >= 0.6 is 0 Å². The Balaban J connectivity index is 2.19. The second-order valence-electron chi connectivity index (χ2n) is 4.45. The van der Waals surface area contributed by atoms with Gasteiger partial charge in [0.2, 0.25) is 15.9 Å². The van der Waals surface area contributed by atoms with Crippen molar-refractivity contribution in [3.63, 3.8) is 0 Å². The normalized spacial score (nSPS) is 12.8. The van der Waals surface area contributed by atoms with Crippen LogP contribution in [0.15, 0.2) is 59.8 Å². The first-order chi connectivity index (χ1) is 9.99. The summed E-state index contributed by atoms with van der Waals surface area (Å²) in [6, 6.07) is 10.9.